The zero-order chi connectivity index (χ0) is 12.6. The van der Waals surface area contributed by atoms with Crippen molar-refractivity contribution in [1.82, 2.24) is 15.1 Å². The van der Waals surface area contributed by atoms with E-state index in [0.717, 1.165) is 25.2 Å². The molecule has 17 heavy (non-hydrogen) atoms. The Kier molecular flexibility index (Phi) is 3.09. The van der Waals surface area contributed by atoms with Crippen LogP contribution in [0.2, 0.25) is 0 Å². The van der Waals surface area contributed by atoms with Crippen LogP contribution in [0.15, 0.2) is 0 Å². The fourth-order valence-electron chi connectivity index (χ4n) is 2.24. The summed E-state index contributed by atoms with van der Waals surface area (Å²) in [7, 11) is 0. The topological polar surface area (TPSA) is 75.0 Å². The number of H-pyrrole nitrogens is 1. The van der Waals surface area contributed by atoms with Crippen LogP contribution in [0.3, 0.4) is 0 Å². The second kappa shape index (κ2) is 4.39. The number of likely N-dealkylation sites (tertiary alicyclic amines) is 1. The van der Waals surface area contributed by atoms with E-state index >= 15 is 0 Å². The monoisotopic (exact) mass is 236 g/mol. The normalized spacial score (nSPS) is 20.2. The maximum atomic E-state index is 12.2. The summed E-state index contributed by atoms with van der Waals surface area (Å²) >= 11 is 0. The first kappa shape index (κ1) is 12.0. The number of carbonyl (C=O) groups is 1. The number of nitrogens with zero attached hydrogens (tertiary/aromatic N) is 2. The number of hydrogen-bond acceptors (Lipinski definition) is 3. The van der Waals surface area contributed by atoms with Crippen molar-refractivity contribution in [2.45, 2.75) is 33.1 Å². The molecule has 1 amide bonds. The van der Waals surface area contributed by atoms with E-state index in [4.69, 9.17) is 5.73 Å². The largest absolute Gasteiger partial charge is 0.395 e. The van der Waals surface area contributed by atoms with Gasteiger partial charge in [-0.05, 0) is 18.3 Å². The van der Waals surface area contributed by atoms with E-state index in [1.165, 1.54) is 0 Å². The van der Waals surface area contributed by atoms with Gasteiger partial charge in [0.1, 0.15) is 0 Å². The van der Waals surface area contributed by atoms with E-state index in [-0.39, 0.29) is 11.8 Å². The second-order valence-corrected chi connectivity index (χ2v) is 5.20. The van der Waals surface area contributed by atoms with Crippen LogP contribution in [0.5, 0.6) is 0 Å². The zero-order valence-corrected chi connectivity index (χ0v) is 10.7. The molecule has 3 N–H and O–H groups in total. The van der Waals surface area contributed by atoms with E-state index < -0.39 is 0 Å². The Hall–Kier alpha value is -1.52. The first-order valence-corrected chi connectivity index (χ1v) is 6.13. The molecule has 0 radical (unpaired) electrons. The van der Waals surface area contributed by atoms with Crippen LogP contribution in [0.1, 0.15) is 49.3 Å². The highest BCUT2D eigenvalue weighted by Gasteiger charge is 2.28. The van der Waals surface area contributed by atoms with E-state index in [1.54, 1.807) is 0 Å². The molecule has 1 aliphatic heterocycles. The molecular formula is C12H20N4O. The molecule has 0 aliphatic carbocycles. The number of nitrogens with two attached hydrogens (primary N) is 1. The van der Waals surface area contributed by atoms with Crippen molar-refractivity contribution >= 4 is 11.6 Å². The third-order valence-electron chi connectivity index (χ3n) is 3.32. The number of anilines is 1. The van der Waals surface area contributed by atoms with Crippen molar-refractivity contribution in [3.8, 4) is 0 Å². The van der Waals surface area contributed by atoms with Crippen molar-refractivity contribution < 1.29 is 4.79 Å². The molecule has 1 unspecified atom stereocenters. The van der Waals surface area contributed by atoms with Gasteiger partial charge in [0, 0.05) is 13.1 Å². The molecule has 0 aromatic carbocycles. The quantitative estimate of drug-likeness (QED) is 0.819. The van der Waals surface area contributed by atoms with Gasteiger partial charge >= 0.3 is 0 Å². The summed E-state index contributed by atoms with van der Waals surface area (Å²) in [5.74, 6) is 0.778. The van der Waals surface area contributed by atoms with E-state index in [0.29, 0.717) is 17.3 Å². The van der Waals surface area contributed by atoms with E-state index in [2.05, 4.69) is 17.1 Å². The number of rotatable bonds is 2. The molecule has 1 atom stereocenters. The van der Waals surface area contributed by atoms with Gasteiger partial charge in [0.25, 0.3) is 5.91 Å². The van der Waals surface area contributed by atoms with Crippen LogP contribution in [0, 0.1) is 5.92 Å². The molecule has 5 nitrogen and oxygen atoms in total. The summed E-state index contributed by atoms with van der Waals surface area (Å²) in [5.41, 5.74) is 7.70. The Morgan fingerprint density at radius 3 is 2.76 bits per heavy atom. The van der Waals surface area contributed by atoms with Gasteiger partial charge in [-0.3, -0.25) is 9.89 Å². The van der Waals surface area contributed by atoms with Crippen LogP contribution in [0.4, 0.5) is 5.69 Å². The fourth-order valence-corrected chi connectivity index (χ4v) is 2.24. The summed E-state index contributed by atoms with van der Waals surface area (Å²) in [6.45, 7) is 7.82. The molecule has 1 aromatic heterocycles. The standard InChI is InChI=1S/C12H20N4O/c1-7(2)10-9(13)11(15-14-10)12(17)16-5-4-8(3)6-16/h7-8H,4-6,13H2,1-3H3,(H,14,15). The highest BCUT2D eigenvalue weighted by atomic mass is 16.2. The molecule has 94 valence electrons. The van der Waals surface area contributed by atoms with Gasteiger partial charge in [0.2, 0.25) is 0 Å². The Morgan fingerprint density at radius 1 is 1.59 bits per heavy atom. The number of nitrogen functional groups attached to an aromatic ring is 1. The lowest BCUT2D eigenvalue weighted by atomic mass is 10.1. The number of carbonyl (C=O) groups excluding carboxylic acids is 1. The van der Waals surface area contributed by atoms with Crippen LogP contribution < -0.4 is 5.73 Å². The lowest BCUT2D eigenvalue weighted by molar-refractivity contribution is 0.0783. The predicted molar refractivity (Wildman–Crippen MR) is 66.8 cm³/mol. The Morgan fingerprint density at radius 2 is 2.29 bits per heavy atom. The van der Waals surface area contributed by atoms with Crippen LogP contribution in [-0.4, -0.2) is 34.1 Å². The SMILES string of the molecule is CC1CCN(C(=O)c2n[nH]c(C(C)C)c2N)C1. The molecular weight excluding hydrogens is 216 g/mol. The average Bonchev–Trinajstić information content (AvgIpc) is 2.83. The van der Waals surface area contributed by atoms with Crippen molar-refractivity contribution in [2.24, 2.45) is 5.92 Å². The Labute approximate surface area is 101 Å². The van der Waals surface area contributed by atoms with E-state index in [9.17, 15) is 4.79 Å². The first-order valence-electron chi connectivity index (χ1n) is 6.13. The van der Waals surface area contributed by atoms with Gasteiger partial charge in [-0.15, -0.1) is 0 Å². The molecule has 2 rings (SSSR count). The van der Waals surface area contributed by atoms with Gasteiger partial charge in [0.05, 0.1) is 11.4 Å². The minimum atomic E-state index is -0.0463. The molecule has 1 fully saturated rings. The van der Waals surface area contributed by atoms with Gasteiger partial charge in [0.15, 0.2) is 5.69 Å². The Bertz CT molecular complexity index is 424. The molecule has 0 bridgehead atoms. The smallest absolute Gasteiger partial charge is 0.276 e. The van der Waals surface area contributed by atoms with Crippen molar-refractivity contribution in [1.29, 1.82) is 0 Å². The average molecular weight is 236 g/mol. The van der Waals surface area contributed by atoms with E-state index in [1.807, 2.05) is 18.7 Å². The fraction of sp³-hybridized carbons (Fsp3) is 0.667. The molecule has 1 saturated heterocycles. The first-order chi connectivity index (χ1) is 8.00. The summed E-state index contributed by atoms with van der Waals surface area (Å²) in [6.07, 6.45) is 1.06. The molecule has 1 aliphatic rings. The third-order valence-corrected chi connectivity index (χ3v) is 3.32. The molecule has 1 aromatic rings. The van der Waals surface area contributed by atoms with Crippen molar-refractivity contribution in [2.75, 3.05) is 18.8 Å². The second-order valence-electron chi connectivity index (χ2n) is 5.20. The minimum Gasteiger partial charge on any atom is -0.395 e. The van der Waals surface area contributed by atoms with Crippen LogP contribution in [-0.2, 0) is 0 Å². The maximum absolute atomic E-state index is 12.2. The van der Waals surface area contributed by atoms with Gasteiger partial charge in [-0.1, -0.05) is 20.8 Å². The van der Waals surface area contributed by atoms with Gasteiger partial charge in [-0.2, -0.15) is 5.10 Å². The summed E-state index contributed by atoms with van der Waals surface area (Å²) in [6, 6.07) is 0. The summed E-state index contributed by atoms with van der Waals surface area (Å²) < 4.78 is 0. The number of aromatic amines is 1. The molecule has 0 saturated carbocycles. The van der Waals surface area contributed by atoms with Crippen molar-refractivity contribution in [3.63, 3.8) is 0 Å². The van der Waals surface area contributed by atoms with Crippen molar-refractivity contribution in [3.05, 3.63) is 11.4 Å². The third kappa shape index (κ3) is 2.14. The Balaban J connectivity index is 2.20. The minimum absolute atomic E-state index is 0.0463. The summed E-state index contributed by atoms with van der Waals surface area (Å²) in [5, 5.41) is 6.93. The lowest BCUT2D eigenvalue weighted by Gasteiger charge is -2.14. The highest BCUT2D eigenvalue weighted by Crippen LogP contribution is 2.25. The number of amides is 1. The number of aromatic nitrogens is 2. The summed E-state index contributed by atoms with van der Waals surface area (Å²) in [4.78, 5) is 14.0. The van der Waals surface area contributed by atoms with Gasteiger partial charge in [-0.25, -0.2) is 0 Å². The maximum Gasteiger partial charge on any atom is 0.276 e. The number of nitrogens with one attached hydrogen (secondary N) is 1. The highest BCUT2D eigenvalue weighted by molar-refractivity contribution is 5.97. The molecule has 0 spiro atoms. The zero-order valence-electron chi connectivity index (χ0n) is 10.7. The van der Waals surface area contributed by atoms with Crippen LogP contribution in [0.25, 0.3) is 0 Å². The predicted octanol–water partition coefficient (Wildman–Crippen LogP) is 1.60. The van der Waals surface area contributed by atoms with Gasteiger partial charge < -0.3 is 10.6 Å². The molecule has 5 heteroatoms. The van der Waals surface area contributed by atoms with Crippen LogP contribution >= 0.6 is 0 Å². The number of hydrogen-bond donors (Lipinski definition) is 2. The molecule has 2 heterocycles. The lowest BCUT2D eigenvalue weighted by Crippen LogP contribution is -2.29.